The van der Waals surface area contributed by atoms with E-state index in [0.29, 0.717) is 24.3 Å². The molecule has 0 saturated heterocycles. The molecule has 5 saturated carbocycles. The summed E-state index contributed by atoms with van der Waals surface area (Å²) in [7, 11) is 0. The molecule has 5 rings (SSSR count). The Hall–Kier alpha value is -0.910. The van der Waals surface area contributed by atoms with Gasteiger partial charge < -0.3 is 15.4 Å². The first-order chi connectivity index (χ1) is 16.3. The average molecular weight is 488 g/mol. The van der Waals surface area contributed by atoms with Crippen LogP contribution < -0.4 is 5.48 Å². The number of carbonyl (C=O) groups is 1. The highest BCUT2D eigenvalue weighted by Crippen LogP contribution is 2.77. The third kappa shape index (κ3) is 3.13. The van der Waals surface area contributed by atoms with E-state index in [2.05, 4.69) is 46.7 Å². The summed E-state index contributed by atoms with van der Waals surface area (Å²) in [6.07, 6.45) is 9.76. The van der Waals surface area contributed by atoms with E-state index in [0.717, 1.165) is 56.9 Å². The Morgan fingerprint density at radius 1 is 0.886 bits per heavy atom. The molecule has 5 nitrogen and oxygen atoms in total. The molecule has 0 aliphatic heterocycles. The van der Waals surface area contributed by atoms with Crippen LogP contribution in [0.1, 0.15) is 98.8 Å². The molecule has 0 aromatic heterocycles. The van der Waals surface area contributed by atoms with Crippen molar-refractivity contribution in [1.29, 1.82) is 0 Å². The zero-order chi connectivity index (χ0) is 25.6. The monoisotopic (exact) mass is 487 g/mol. The number of carboxylic acid groups (broad SMARTS) is 1. The Morgan fingerprint density at radius 2 is 1.60 bits per heavy atom. The second-order valence-corrected chi connectivity index (χ2v) is 14.7. The van der Waals surface area contributed by atoms with Crippen LogP contribution in [-0.2, 0) is 4.79 Å². The zero-order valence-electron chi connectivity index (χ0n) is 22.7. The number of hydrogen-bond donors (Lipinski definition) is 4. The second-order valence-electron chi connectivity index (χ2n) is 14.7. The van der Waals surface area contributed by atoms with Crippen LogP contribution in [0.4, 0.5) is 0 Å². The lowest BCUT2D eigenvalue weighted by atomic mass is 9.32. The summed E-state index contributed by atoms with van der Waals surface area (Å²) in [6, 6.07) is 0. The molecule has 5 aliphatic rings. The Morgan fingerprint density at radius 3 is 2.26 bits per heavy atom. The van der Waals surface area contributed by atoms with Gasteiger partial charge in [-0.3, -0.25) is 4.79 Å². The minimum absolute atomic E-state index is 0.0529. The average Bonchev–Trinajstić information content (AvgIpc) is 3.18. The first-order valence-electron chi connectivity index (χ1n) is 14.3. The highest BCUT2D eigenvalue weighted by Gasteiger charge is 2.72. The molecule has 0 radical (unpaired) electrons. The second kappa shape index (κ2) is 8.04. The Kier molecular flexibility index (Phi) is 5.91. The molecule has 5 aliphatic carbocycles. The van der Waals surface area contributed by atoms with Crippen LogP contribution in [0.3, 0.4) is 0 Å². The number of fused-ring (bicyclic) bond motifs is 7. The van der Waals surface area contributed by atoms with Crippen molar-refractivity contribution >= 4 is 5.97 Å². The SMILES string of the molecule is C=C(CNO)[C@@H]1CC[C@]2(C(=O)O)CC[C@]3(C)[C@H](CC[C@@H]4[C@@]5(C)CC[C@H](O)C(C)(C)[C@@H]5CC[C@]43C)[C@@H]12. The maximum absolute atomic E-state index is 12.8. The van der Waals surface area contributed by atoms with Crippen molar-refractivity contribution in [3.63, 3.8) is 0 Å². The molecular formula is C30H49NO4. The summed E-state index contributed by atoms with van der Waals surface area (Å²) >= 11 is 0. The largest absolute Gasteiger partial charge is 0.481 e. The maximum Gasteiger partial charge on any atom is 0.309 e. The van der Waals surface area contributed by atoms with Gasteiger partial charge in [0, 0.05) is 6.54 Å². The predicted molar refractivity (Wildman–Crippen MR) is 137 cm³/mol. The van der Waals surface area contributed by atoms with E-state index in [-0.39, 0.29) is 39.6 Å². The number of hydroxylamine groups is 1. The van der Waals surface area contributed by atoms with Gasteiger partial charge in [-0.2, -0.15) is 0 Å². The van der Waals surface area contributed by atoms with E-state index in [4.69, 9.17) is 0 Å². The van der Waals surface area contributed by atoms with Gasteiger partial charge in [-0.1, -0.05) is 46.8 Å². The van der Waals surface area contributed by atoms with Crippen molar-refractivity contribution in [2.24, 2.45) is 56.7 Å². The van der Waals surface area contributed by atoms with Crippen molar-refractivity contribution in [3.8, 4) is 0 Å². The molecule has 0 heterocycles. The van der Waals surface area contributed by atoms with Gasteiger partial charge in [0.15, 0.2) is 0 Å². The van der Waals surface area contributed by atoms with Crippen molar-refractivity contribution in [1.82, 2.24) is 5.48 Å². The lowest BCUT2D eigenvalue weighted by Gasteiger charge is -2.72. The van der Waals surface area contributed by atoms with Crippen molar-refractivity contribution in [3.05, 3.63) is 12.2 Å². The fourth-order valence-electron chi connectivity index (χ4n) is 11.6. The number of aliphatic hydroxyl groups is 1. The maximum atomic E-state index is 12.8. The van der Waals surface area contributed by atoms with Gasteiger partial charge in [-0.05, 0) is 115 Å². The first-order valence-corrected chi connectivity index (χ1v) is 14.3. The minimum Gasteiger partial charge on any atom is -0.481 e. The summed E-state index contributed by atoms with van der Waals surface area (Å²) in [5, 5.41) is 30.9. The summed E-state index contributed by atoms with van der Waals surface area (Å²) in [5.74, 6) is 1.18. The van der Waals surface area contributed by atoms with Crippen molar-refractivity contribution < 1.29 is 20.2 Å². The highest BCUT2D eigenvalue weighted by atomic mass is 16.5. The summed E-state index contributed by atoms with van der Waals surface area (Å²) in [4.78, 5) is 12.8. The Balaban J connectivity index is 1.55. The van der Waals surface area contributed by atoms with E-state index in [1.165, 1.54) is 12.8 Å². The van der Waals surface area contributed by atoms with Crippen LogP contribution in [-0.4, -0.2) is 34.0 Å². The third-order valence-electron chi connectivity index (χ3n) is 13.7. The van der Waals surface area contributed by atoms with Gasteiger partial charge in [-0.25, -0.2) is 5.48 Å². The van der Waals surface area contributed by atoms with Crippen molar-refractivity contribution in [2.75, 3.05) is 6.54 Å². The molecule has 5 fully saturated rings. The molecule has 198 valence electrons. The Bertz CT molecular complexity index is 901. The van der Waals surface area contributed by atoms with E-state index >= 15 is 0 Å². The topological polar surface area (TPSA) is 89.8 Å². The standard InChI is InChI=1S/C30H49NO4/c1-18(17-31-35)19-9-14-30(25(33)34)16-15-28(5)20(24(19)30)7-8-22-27(4)12-11-23(32)26(2,3)21(27)10-13-29(22,28)6/h19-24,31-32,35H,1,7-17H2,2-6H3,(H,33,34)/t19-,20+,21-,22+,23-,24+,27-,28+,29+,30-/m0/s1. The van der Waals surface area contributed by atoms with E-state index < -0.39 is 11.4 Å². The lowest BCUT2D eigenvalue weighted by molar-refractivity contribution is -0.248. The van der Waals surface area contributed by atoms with Crippen LogP contribution in [0.15, 0.2) is 12.2 Å². The highest BCUT2D eigenvalue weighted by molar-refractivity contribution is 5.76. The molecular weight excluding hydrogens is 438 g/mol. The zero-order valence-corrected chi connectivity index (χ0v) is 22.7. The van der Waals surface area contributed by atoms with E-state index in [9.17, 15) is 20.2 Å². The lowest BCUT2D eigenvalue weighted by Crippen LogP contribution is -2.67. The number of aliphatic carboxylic acids is 1. The van der Waals surface area contributed by atoms with Crippen LogP contribution >= 0.6 is 0 Å². The van der Waals surface area contributed by atoms with Crippen LogP contribution in [0.5, 0.6) is 0 Å². The van der Waals surface area contributed by atoms with E-state index in [1.54, 1.807) is 0 Å². The van der Waals surface area contributed by atoms with Crippen LogP contribution in [0.25, 0.3) is 0 Å². The summed E-state index contributed by atoms with van der Waals surface area (Å²) in [6.45, 7) is 16.9. The predicted octanol–water partition coefficient (Wildman–Crippen LogP) is 6.05. The van der Waals surface area contributed by atoms with Gasteiger partial charge in [-0.15, -0.1) is 0 Å². The third-order valence-corrected chi connectivity index (χ3v) is 13.7. The van der Waals surface area contributed by atoms with Gasteiger partial charge in [0.05, 0.1) is 11.5 Å². The summed E-state index contributed by atoms with van der Waals surface area (Å²) < 4.78 is 0. The summed E-state index contributed by atoms with van der Waals surface area (Å²) in [5.41, 5.74) is 3.07. The number of aliphatic hydroxyl groups excluding tert-OH is 1. The van der Waals surface area contributed by atoms with Crippen molar-refractivity contribution in [2.45, 2.75) is 105 Å². The Labute approximate surface area is 212 Å². The molecule has 5 heteroatoms. The smallest absolute Gasteiger partial charge is 0.309 e. The number of nitrogens with one attached hydrogen (secondary N) is 1. The van der Waals surface area contributed by atoms with Crippen LogP contribution in [0.2, 0.25) is 0 Å². The number of carboxylic acids is 1. The first kappa shape index (κ1) is 25.7. The van der Waals surface area contributed by atoms with Gasteiger partial charge in [0.25, 0.3) is 0 Å². The number of hydrogen-bond acceptors (Lipinski definition) is 4. The molecule has 10 atom stereocenters. The van der Waals surface area contributed by atoms with Gasteiger partial charge >= 0.3 is 5.97 Å². The molecule has 0 amide bonds. The molecule has 0 aromatic carbocycles. The molecule has 0 unspecified atom stereocenters. The number of rotatable bonds is 4. The fraction of sp³-hybridized carbons (Fsp3) is 0.900. The van der Waals surface area contributed by atoms with Gasteiger partial charge in [0.2, 0.25) is 0 Å². The molecule has 35 heavy (non-hydrogen) atoms. The van der Waals surface area contributed by atoms with Gasteiger partial charge in [0.1, 0.15) is 0 Å². The minimum atomic E-state index is -0.644. The van der Waals surface area contributed by atoms with Crippen LogP contribution in [0, 0.1) is 56.7 Å². The molecule has 0 aromatic rings. The molecule has 0 spiro atoms. The quantitative estimate of drug-likeness (QED) is 0.286. The molecule has 4 N–H and O–H groups in total. The molecule has 0 bridgehead atoms. The van der Waals surface area contributed by atoms with E-state index in [1.807, 2.05) is 0 Å². The normalized spacial score (nSPS) is 52.5. The fourth-order valence-corrected chi connectivity index (χ4v) is 11.6.